The van der Waals surface area contributed by atoms with Crippen LogP contribution in [0.25, 0.3) is 0 Å². The van der Waals surface area contributed by atoms with Crippen molar-refractivity contribution in [3.05, 3.63) is 29.3 Å². The van der Waals surface area contributed by atoms with Crippen LogP contribution in [-0.4, -0.2) is 23.7 Å². The summed E-state index contributed by atoms with van der Waals surface area (Å²) < 4.78 is 0. The van der Waals surface area contributed by atoms with Gasteiger partial charge in [-0.15, -0.1) is 0 Å². The molecule has 4 heteroatoms. The molecule has 0 aliphatic heterocycles. The predicted octanol–water partition coefficient (Wildman–Crippen LogP) is 1.71. The molecule has 1 aromatic rings. The first-order valence-corrected chi connectivity index (χ1v) is 6.28. The molecule has 1 amide bonds. The molecule has 4 nitrogen and oxygen atoms in total. The highest BCUT2D eigenvalue weighted by Crippen LogP contribution is 2.13. The number of hydrogen-bond acceptors (Lipinski definition) is 3. The van der Waals surface area contributed by atoms with E-state index in [1.807, 2.05) is 26.8 Å². The van der Waals surface area contributed by atoms with Crippen molar-refractivity contribution in [1.29, 1.82) is 0 Å². The number of benzene rings is 1. The van der Waals surface area contributed by atoms with E-state index >= 15 is 0 Å². The molecule has 2 unspecified atom stereocenters. The fourth-order valence-corrected chi connectivity index (χ4v) is 1.65. The first-order valence-electron chi connectivity index (χ1n) is 6.28. The topological polar surface area (TPSA) is 75.3 Å². The maximum absolute atomic E-state index is 12.0. The van der Waals surface area contributed by atoms with Crippen LogP contribution in [0.4, 0.5) is 5.69 Å². The van der Waals surface area contributed by atoms with Crippen molar-refractivity contribution in [3.63, 3.8) is 0 Å². The predicted molar refractivity (Wildman–Crippen MR) is 73.4 cm³/mol. The fourth-order valence-electron chi connectivity index (χ4n) is 1.65. The Morgan fingerprint density at radius 2 is 2.17 bits per heavy atom. The van der Waals surface area contributed by atoms with Gasteiger partial charge in [-0.3, -0.25) is 4.79 Å². The minimum absolute atomic E-state index is 0.173. The summed E-state index contributed by atoms with van der Waals surface area (Å²) in [5, 5.41) is 12.5. The van der Waals surface area contributed by atoms with E-state index in [2.05, 4.69) is 5.32 Å². The minimum atomic E-state index is -0.514. The second-order valence-corrected chi connectivity index (χ2v) is 4.74. The van der Waals surface area contributed by atoms with Crippen molar-refractivity contribution >= 4 is 11.6 Å². The van der Waals surface area contributed by atoms with Gasteiger partial charge in [0, 0.05) is 17.8 Å². The molecule has 0 aromatic heterocycles. The van der Waals surface area contributed by atoms with Gasteiger partial charge in [0.05, 0.1) is 6.10 Å². The number of aliphatic hydroxyl groups is 1. The van der Waals surface area contributed by atoms with Crippen molar-refractivity contribution in [2.75, 3.05) is 12.3 Å². The molecule has 0 saturated heterocycles. The molecule has 0 spiro atoms. The number of carbonyl (C=O) groups is 1. The van der Waals surface area contributed by atoms with Crippen LogP contribution in [0.5, 0.6) is 0 Å². The Kier molecular flexibility index (Phi) is 5.16. The molecule has 4 N–H and O–H groups in total. The van der Waals surface area contributed by atoms with E-state index in [4.69, 9.17) is 5.73 Å². The minimum Gasteiger partial charge on any atom is -0.399 e. The molecular weight excluding hydrogens is 228 g/mol. The Morgan fingerprint density at radius 1 is 1.50 bits per heavy atom. The summed E-state index contributed by atoms with van der Waals surface area (Å²) in [5.41, 5.74) is 7.66. The summed E-state index contributed by atoms with van der Waals surface area (Å²) in [6, 6.07) is 5.23. The molecule has 18 heavy (non-hydrogen) atoms. The molecule has 0 bridgehead atoms. The lowest BCUT2D eigenvalue weighted by Crippen LogP contribution is -2.35. The van der Waals surface area contributed by atoms with E-state index in [1.54, 1.807) is 12.1 Å². The third-order valence-electron chi connectivity index (χ3n) is 3.28. The van der Waals surface area contributed by atoms with E-state index in [-0.39, 0.29) is 18.4 Å². The summed E-state index contributed by atoms with van der Waals surface area (Å²) >= 11 is 0. The number of carbonyl (C=O) groups excluding carboxylic acids is 1. The van der Waals surface area contributed by atoms with Crippen LogP contribution in [0, 0.1) is 12.8 Å². The van der Waals surface area contributed by atoms with Crippen LogP contribution in [-0.2, 0) is 0 Å². The number of rotatable bonds is 5. The second-order valence-electron chi connectivity index (χ2n) is 4.74. The molecule has 0 aliphatic carbocycles. The molecule has 100 valence electrons. The quantitative estimate of drug-likeness (QED) is 0.696. The summed E-state index contributed by atoms with van der Waals surface area (Å²) in [5.74, 6) is -0.0191. The number of aliphatic hydroxyl groups excluding tert-OH is 1. The average molecular weight is 250 g/mol. The van der Waals surface area contributed by atoms with Gasteiger partial charge in [0.25, 0.3) is 5.91 Å². The highest BCUT2D eigenvalue weighted by atomic mass is 16.3. The zero-order valence-corrected chi connectivity index (χ0v) is 11.2. The average Bonchev–Trinajstić information content (AvgIpc) is 2.37. The normalized spacial score (nSPS) is 14.0. The van der Waals surface area contributed by atoms with E-state index in [0.29, 0.717) is 11.3 Å². The Balaban J connectivity index is 2.63. The largest absolute Gasteiger partial charge is 0.399 e. The number of nitrogen functional groups attached to an aromatic ring is 1. The standard InChI is InChI=1S/C14H22N2O2/c1-4-9(2)13(17)8-16-14(18)12-7-11(15)6-5-10(12)3/h5-7,9,13,17H,4,8,15H2,1-3H3,(H,16,18). The van der Waals surface area contributed by atoms with Crippen molar-refractivity contribution in [1.82, 2.24) is 5.32 Å². The summed E-state index contributed by atoms with van der Waals surface area (Å²) in [6.07, 6.45) is 0.370. The molecule has 0 aliphatic rings. The smallest absolute Gasteiger partial charge is 0.251 e. The van der Waals surface area contributed by atoms with Crippen LogP contribution in [0.1, 0.15) is 36.2 Å². The lowest BCUT2D eigenvalue weighted by Gasteiger charge is -2.18. The van der Waals surface area contributed by atoms with Gasteiger partial charge >= 0.3 is 0 Å². The maximum atomic E-state index is 12.0. The third kappa shape index (κ3) is 3.74. The van der Waals surface area contributed by atoms with Crippen LogP contribution in [0.2, 0.25) is 0 Å². The zero-order chi connectivity index (χ0) is 13.7. The Hall–Kier alpha value is -1.55. The highest BCUT2D eigenvalue weighted by Gasteiger charge is 2.15. The lowest BCUT2D eigenvalue weighted by molar-refractivity contribution is 0.0849. The maximum Gasteiger partial charge on any atom is 0.251 e. The van der Waals surface area contributed by atoms with E-state index in [1.165, 1.54) is 0 Å². The molecule has 0 saturated carbocycles. The van der Waals surface area contributed by atoms with E-state index < -0.39 is 6.10 Å². The number of nitrogens with one attached hydrogen (secondary N) is 1. The molecular formula is C14H22N2O2. The van der Waals surface area contributed by atoms with Crippen LogP contribution >= 0.6 is 0 Å². The van der Waals surface area contributed by atoms with Gasteiger partial charge in [-0.2, -0.15) is 0 Å². The molecule has 1 rings (SSSR count). The van der Waals surface area contributed by atoms with Gasteiger partial charge in [-0.1, -0.05) is 26.3 Å². The van der Waals surface area contributed by atoms with Gasteiger partial charge in [-0.25, -0.2) is 0 Å². The van der Waals surface area contributed by atoms with Crippen molar-refractivity contribution in [2.24, 2.45) is 5.92 Å². The first kappa shape index (κ1) is 14.5. The summed E-state index contributed by atoms with van der Waals surface area (Å²) in [7, 11) is 0. The summed E-state index contributed by atoms with van der Waals surface area (Å²) in [4.78, 5) is 12.0. The van der Waals surface area contributed by atoms with Gasteiger partial charge in [0.1, 0.15) is 0 Å². The van der Waals surface area contributed by atoms with E-state index in [0.717, 1.165) is 12.0 Å². The monoisotopic (exact) mass is 250 g/mol. The molecule has 1 aromatic carbocycles. The SMILES string of the molecule is CCC(C)C(O)CNC(=O)c1cc(N)ccc1C. The Labute approximate surface area is 108 Å². The van der Waals surface area contributed by atoms with Crippen molar-refractivity contribution in [3.8, 4) is 0 Å². The van der Waals surface area contributed by atoms with Crippen LogP contribution < -0.4 is 11.1 Å². The van der Waals surface area contributed by atoms with E-state index in [9.17, 15) is 9.90 Å². The second kappa shape index (κ2) is 6.40. The zero-order valence-electron chi connectivity index (χ0n) is 11.2. The number of nitrogens with two attached hydrogens (primary N) is 1. The van der Waals surface area contributed by atoms with Crippen molar-refractivity contribution in [2.45, 2.75) is 33.3 Å². The fraction of sp³-hybridized carbons (Fsp3) is 0.500. The van der Waals surface area contributed by atoms with Crippen LogP contribution in [0.15, 0.2) is 18.2 Å². The Bertz CT molecular complexity index is 418. The number of anilines is 1. The molecule has 0 fully saturated rings. The number of amides is 1. The number of aryl methyl sites for hydroxylation is 1. The first-order chi connectivity index (χ1) is 8.45. The lowest BCUT2D eigenvalue weighted by atomic mass is 10.0. The van der Waals surface area contributed by atoms with Gasteiger partial charge in [-0.05, 0) is 30.5 Å². The van der Waals surface area contributed by atoms with Gasteiger partial charge in [0.15, 0.2) is 0 Å². The highest BCUT2D eigenvalue weighted by molar-refractivity contribution is 5.96. The van der Waals surface area contributed by atoms with Gasteiger partial charge < -0.3 is 16.2 Å². The van der Waals surface area contributed by atoms with Crippen LogP contribution in [0.3, 0.4) is 0 Å². The van der Waals surface area contributed by atoms with Crippen molar-refractivity contribution < 1.29 is 9.90 Å². The Morgan fingerprint density at radius 3 is 2.78 bits per heavy atom. The molecule has 0 radical (unpaired) electrons. The van der Waals surface area contributed by atoms with Gasteiger partial charge in [0.2, 0.25) is 0 Å². The molecule has 2 atom stereocenters. The third-order valence-corrected chi connectivity index (χ3v) is 3.28. The molecule has 0 heterocycles. The summed E-state index contributed by atoms with van der Waals surface area (Å²) in [6.45, 7) is 6.10. The number of hydrogen-bond donors (Lipinski definition) is 3.